The summed E-state index contributed by atoms with van der Waals surface area (Å²) in [5.74, 6) is -0.652. The Bertz CT molecular complexity index is 1020. The number of carbonyl (C=O) groups is 2. The highest BCUT2D eigenvalue weighted by Crippen LogP contribution is 2.42. The lowest BCUT2D eigenvalue weighted by Crippen LogP contribution is -2.31. The fourth-order valence-corrected chi connectivity index (χ4v) is 3.85. The maximum atomic E-state index is 13.0. The number of Topliss-reactive ketones (excluding diaryl/α,β-unsaturated/α-hetero) is 1. The summed E-state index contributed by atoms with van der Waals surface area (Å²) in [6.45, 7) is 3.04. The zero-order valence-electron chi connectivity index (χ0n) is 18.3. The number of halogens is 1. The number of benzene rings is 2. The van der Waals surface area contributed by atoms with E-state index in [0.717, 1.165) is 0 Å². The summed E-state index contributed by atoms with van der Waals surface area (Å²) in [6.07, 6.45) is 0.537. The van der Waals surface area contributed by atoms with Crippen LogP contribution in [0.4, 0.5) is 0 Å². The van der Waals surface area contributed by atoms with Crippen molar-refractivity contribution in [2.75, 3.05) is 34.0 Å². The Labute approximate surface area is 192 Å². The molecule has 3 rings (SSSR count). The summed E-state index contributed by atoms with van der Waals surface area (Å²) in [7, 11) is 3.09. The number of ether oxygens (including phenoxy) is 3. The van der Waals surface area contributed by atoms with Crippen molar-refractivity contribution in [1.82, 2.24) is 4.90 Å². The minimum Gasteiger partial charge on any atom is -0.507 e. The van der Waals surface area contributed by atoms with E-state index >= 15 is 0 Å². The lowest BCUT2D eigenvalue weighted by molar-refractivity contribution is -0.140. The van der Waals surface area contributed by atoms with Gasteiger partial charge in [0.15, 0.2) is 11.5 Å². The number of hydrogen-bond donors (Lipinski definition) is 1. The zero-order chi connectivity index (χ0) is 23.3. The van der Waals surface area contributed by atoms with Crippen LogP contribution in [0.2, 0.25) is 5.02 Å². The minimum atomic E-state index is -0.785. The van der Waals surface area contributed by atoms with E-state index in [1.54, 1.807) is 49.6 Å². The molecule has 0 bridgehead atoms. The van der Waals surface area contributed by atoms with E-state index in [1.807, 2.05) is 6.92 Å². The molecule has 0 aromatic heterocycles. The Kier molecular flexibility index (Phi) is 7.77. The average Bonchev–Trinajstić information content (AvgIpc) is 3.05. The second-order valence-corrected chi connectivity index (χ2v) is 7.63. The Balaban J connectivity index is 2.14. The predicted octanol–water partition coefficient (Wildman–Crippen LogP) is 4.21. The largest absolute Gasteiger partial charge is 0.507 e. The number of hydrogen-bond acceptors (Lipinski definition) is 6. The van der Waals surface area contributed by atoms with Crippen molar-refractivity contribution in [3.8, 4) is 11.5 Å². The fourth-order valence-electron chi connectivity index (χ4n) is 3.73. The smallest absolute Gasteiger partial charge is 0.295 e. The third-order valence-corrected chi connectivity index (χ3v) is 5.46. The fraction of sp³-hybridized carbons (Fsp3) is 0.333. The molecular weight excluding hydrogens is 434 g/mol. The topological polar surface area (TPSA) is 85.3 Å². The molecule has 2 aromatic carbocycles. The first-order valence-electron chi connectivity index (χ1n) is 10.3. The van der Waals surface area contributed by atoms with Gasteiger partial charge in [-0.3, -0.25) is 9.59 Å². The molecule has 1 N–H and O–H groups in total. The summed E-state index contributed by atoms with van der Waals surface area (Å²) in [6, 6.07) is 10.9. The summed E-state index contributed by atoms with van der Waals surface area (Å²) in [4.78, 5) is 27.4. The van der Waals surface area contributed by atoms with Gasteiger partial charge in [-0.25, -0.2) is 0 Å². The molecule has 1 fully saturated rings. The van der Waals surface area contributed by atoms with Crippen molar-refractivity contribution < 1.29 is 28.9 Å². The molecule has 0 radical (unpaired) electrons. The van der Waals surface area contributed by atoms with Gasteiger partial charge in [0.25, 0.3) is 11.7 Å². The third kappa shape index (κ3) is 4.74. The quantitative estimate of drug-likeness (QED) is 0.262. The normalized spacial score (nSPS) is 17.6. The molecule has 0 aliphatic carbocycles. The zero-order valence-corrected chi connectivity index (χ0v) is 19.0. The SMILES string of the molecule is CCOc1ccc(C2C(=C(O)c3ccc(Cl)cc3)C(=O)C(=O)N2CCCOC)cc1OC. The van der Waals surface area contributed by atoms with Crippen molar-refractivity contribution in [3.05, 3.63) is 64.2 Å². The highest BCUT2D eigenvalue weighted by Gasteiger charge is 2.46. The lowest BCUT2D eigenvalue weighted by atomic mass is 9.95. The highest BCUT2D eigenvalue weighted by molar-refractivity contribution is 6.46. The van der Waals surface area contributed by atoms with Gasteiger partial charge in [-0.05, 0) is 55.3 Å². The van der Waals surface area contributed by atoms with Gasteiger partial charge in [-0.1, -0.05) is 17.7 Å². The van der Waals surface area contributed by atoms with Crippen LogP contribution in [0.1, 0.15) is 30.5 Å². The molecule has 1 saturated heterocycles. The molecule has 1 heterocycles. The van der Waals surface area contributed by atoms with Crippen LogP contribution in [0.3, 0.4) is 0 Å². The molecular formula is C24H26ClNO6. The van der Waals surface area contributed by atoms with E-state index in [9.17, 15) is 14.7 Å². The standard InChI is InChI=1S/C24H26ClNO6/c1-4-32-18-11-8-16(14-19(18)31-3)21-20(22(27)15-6-9-17(25)10-7-15)23(28)24(29)26(21)12-5-13-30-2/h6-11,14,21,27H,4-5,12-13H2,1-3H3. The maximum absolute atomic E-state index is 13.0. The predicted molar refractivity (Wildman–Crippen MR) is 121 cm³/mol. The first-order chi connectivity index (χ1) is 15.4. The molecule has 1 atom stereocenters. The molecule has 1 amide bonds. The maximum Gasteiger partial charge on any atom is 0.295 e. The van der Waals surface area contributed by atoms with Crippen LogP contribution in [0, 0.1) is 0 Å². The molecule has 0 spiro atoms. The van der Waals surface area contributed by atoms with E-state index in [-0.39, 0.29) is 17.9 Å². The number of methoxy groups -OCH3 is 2. The van der Waals surface area contributed by atoms with Gasteiger partial charge >= 0.3 is 0 Å². The van der Waals surface area contributed by atoms with Crippen LogP contribution in [0.15, 0.2) is 48.0 Å². The summed E-state index contributed by atoms with van der Waals surface area (Å²) in [5, 5.41) is 11.5. The van der Waals surface area contributed by atoms with Crippen LogP contribution in [0.25, 0.3) is 5.76 Å². The van der Waals surface area contributed by atoms with Gasteiger partial charge in [0, 0.05) is 30.8 Å². The van der Waals surface area contributed by atoms with E-state index in [1.165, 1.54) is 12.0 Å². The van der Waals surface area contributed by atoms with Gasteiger partial charge in [0.1, 0.15) is 5.76 Å². The molecule has 32 heavy (non-hydrogen) atoms. The number of nitrogens with zero attached hydrogens (tertiary/aromatic N) is 1. The van der Waals surface area contributed by atoms with Gasteiger partial charge < -0.3 is 24.2 Å². The molecule has 1 unspecified atom stereocenters. The van der Waals surface area contributed by atoms with E-state index in [4.69, 9.17) is 25.8 Å². The second-order valence-electron chi connectivity index (χ2n) is 7.19. The third-order valence-electron chi connectivity index (χ3n) is 5.21. The number of amides is 1. The van der Waals surface area contributed by atoms with Crippen LogP contribution < -0.4 is 9.47 Å². The highest BCUT2D eigenvalue weighted by atomic mass is 35.5. The Morgan fingerprint density at radius 3 is 2.44 bits per heavy atom. The van der Waals surface area contributed by atoms with Crippen molar-refractivity contribution in [1.29, 1.82) is 0 Å². The van der Waals surface area contributed by atoms with Crippen molar-refractivity contribution in [2.24, 2.45) is 0 Å². The van der Waals surface area contributed by atoms with E-state index in [2.05, 4.69) is 0 Å². The molecule has 0 saturated carbocycles. The molecule has 1 aliphatic rings. The summed E-state index contributed by atoms with van der Waals surface area (Å²) >= 11 is 5.96. The van der Waals surface area contributed by atoms with Gasteiger partial charge in [-0.2, -0.15) is 0 Å². The Hall–Kier alpha value is -3.03. The van der Waals surface area contributed by atoms with Crippen molar-refractivity contribution in [2.45, 2.75) is 19.4 Å². The van der Waals surface area contributed by atoms with E-state index < -0.39 is 17.7 Å². The summed E-state index contributed by atoms with van der Waals surface area (Å²) < 4.78 is 16.1. The number of rotatable bonds is 9. The first kappa shape index (κ1) is 23.6. The van der Waals surface area contributed by atoms with E-state index in [0.29, 0.717) is 47.3 Å². The average molecular weight is 460 g/mol. The van der Waals surface area contributed by atoms with Gasteiger partial charge in [0.2, 0.25) is 0 Å². The Morgan fingerprint density at radius 1 is 1.09 bits per heavy atom. The van der Waals surface area contributed by atoms with Crippen LogP contribution in [0.5, 0.6) is 11.5 Å². The number of aliphatic hydroxyl groups excluding tert-OH is 1. The minimum absolute atomic E-state index is 0.0148. The van der Waals surface area contributed by atoms with Crippen LogP contribution >= 0.6 is 11.6 Å². The first-order valence-corrected chi connectivity index (χ1v) is 10.6. The monoisotopic (exact) mass is 459 g/mol. The molecule has 1 aliphatic heterocycles. The number of carbonyl (C=O) groups excluding carboxylic acids is 2. The number of likely N-dealkylation sites (tertiary alicyclic amines) is 1. The Morgan fingerprint density at radius 2 is 1.81 bits per heavy atom. The van der Waals surface area contributed by atoms with Crippen molar-refractivity contribution >= 4 is 29.1 Å². The lowest BCUT2D eigenvalue weighted by Gasteiger charge is -2.26. The second kappa shape index (κ2) is 10.5. The number of ketones is 1. The molecule has 7 nitrogen and oxygen atoms in total. The molecule has 8 heteroatoms. The van der Waals surface area contributed by atoms with Crippen LogP contribution in [-0.2, 0) is 14.3 Å². The molecule has 2 aromatic rings. The van der Waals surface area contributed by atoms with Gasteiger partial charge in [-0.15, -0.1) is 0 Å². The summed E-state index contributed by atoms with van der Waals surface area (Å²) in [5.41, 5.74) is 1.03. The molecule has 170 valence electrons. The van der Waals surface area contributed by atoms with Crippen molar-refractivity contribution in [3.63, 3.8) is 0 Å². The van der Waals surface area contributed by atoms with Crippen LogP contribution in [-0.4, -0.2) is 55.7 Å². The number of aliphatic hydroxyl groups is 1. The van der Waals surface area contributed by atoms with Gasteiger partial charge in [0.05, 0.1) is 25.3 Å².